The summed E-state index contributed by atoms with van der Waals surface area (Å²) in [7, 11) is 0. The molecule has 1 heterocycles. The highest BCUT2D eigenvalue weighted by Gasteiger charge is 2.23. The Kier molecular flexibility index (Phi) is 4.04. The Bertz CT molecular complexity index is 398. The first kappa shape index (κ1) is 12.9. The van der Waals surface area contributed by atoms with Gasteiger partial charge in [0.25, 0.3) is 0 Å². The zero-order valence-electron chi connectivity index (χ0n) is 11.6. The molecule has 104 valence electrons. The molecule has 0 bridgehead atoms. The molecule has 1 aromatic rings. The van der Waals surface area contributed by atoms with Gasteiger partial charge >= 0.3 is 0 Å². The summed E-state index contributed by atoms with van der Waals surface area (Å²) in [5.74, 6) is 1.00. The monoisotopic (exact) mass is 261 g/mol. The molecule has 2 atom stereocenters. The molecule has 0 spiro atoms. The van der Waals surface area contributed by atoms with Crippen LogP contribution in [0.3, 0.4) is 0 Å². The fourth-order valence-corrected chi connectivity index (χ4v) is 3.06. The van der Waals surface area contributed by atoms with Crippen LogP contribution in [0.2, 0.25) is 0 Å². The van der Waals surface area contributed by atoms with Gasteiger partial charge in [0, 0.05) is 6.54 Å². The van der Waals surface area contributed by atoms with Crippen LogP contribution in [-0.2, 0) is 4.74 Å². The van der Waals surface area contributed by atoms with Gasteiger partial charge in [-0.05, 0) is 50.3 Å². The lowest BCUT2D eigenvalue weighted by Crippen LogP contribution is -2.40. The fourth-order valence-electron chi connectivity index (χ4n) is 3.06. The van der Waals surface area contributed by atoms with Crippen molar-refractivity contribution >= 4 is 0 Å². The zero-order valence-corrected chi connectivity index (χ0v) is 11.6. The maximum Gasteiger partial charge on any atom is 0.119 e. The molecule has 1 aromatic carbocycles. The SMILES string of the molecule is CC1OCCNC1c1ccc(OC2CCCC2)cc1. The number of ether oxygens (including phenoxy) is 2. The van der Waals surface area contributed by atoms with Gasteiger partial charge in [-0.15, -0.1) is 0 Å². The number of nitrogens with one attached hydrogen (secondary N) is 1. The van der Waals surface area contributed by atoms with E-state index in [1.807, 2.05) is 0 Å². The Morgan fingerprint density at radius 2 is 1.89 bits per heavy atom. The van der Waals surface area contributed by atoms with Crippen molar-refractivity contribution in [3.63, 3.8) is 0 Å². The minimum atomic E-state index is 0.232. The van der Waals surface area contributed by atoms with E-state index >= 15 is 0 Å². The van der Waals surface area contributed by atoms with E-state index in [1.165, 1.54) is 31.2 Å². The van der Waals surface area contributed by atoms with Crippen molar-refractivity contribution in [2.24, 2.45) is 0 Å². The van der Waals surface area contributed by atoms with Crippen LogP contribution >= 0.6 is 0 Å². The average Bonchev–Trinajstić information content (AvgIpc) is 2.93. The normalized spacial score (nSPS) is 28.5. The lowest BCUT2D eigenvalue weighted by molar-refractivity contribution is 0.00754. The van der Waals surface area contributed by atoms with Crippen LogP contribution in [0.1, 0.15) is 44.2 Å². The van der Waals surface area contributed by atoms with Crippen LogP contribution in [0.5, 0.6) is 5.75 Å². The van der Waals surface area contributed by atoms with E-state index in [9.17, 15) is 0 Å². The van der Waals surface area contributed by atoms with Crippen molar-refractivity contribution in [1.29, 1.82) is 0 Å². The molecule has 19 heavy (non-hydrogen) atoms. The van der Waals surface area contributed by atoms with Crippen molar-refractivity contribution in [1.82, 2.24) is 5.32 Å². The molecule has 0 radical (unpaired) electrons. The number of morpholine rings is 1. The molecule has 3 rings (SSSR count). The lowest BCUT2D eigenvalue weighted by Gasteiger charge is -2.30. The smallest absolute Gasteiger partial charge is 0.119 e. The fraction of sp³-hybridized carbons (Fsp3) is 0.625. The highest BCUT2D eigenvalue weighted by Crippen LogP contribution is 2.27. The third-order valence-electron chi connectivity index (χ3n) is 4.16. The van der Waals surface area contributed by atoms with Gasteiger partial charge in [0.05, 0.1) is 24.9 Å². The molecule has 2 aliphatic rings. The van der Waals surface area contributed by atoms with Crippen molar-refractivity contribution < 1.29 is 9.47 Å². The van der Waals surface area contributed by atoms with Crippen molar-refractivity contribution in [2.75, 3.05) is 13.2 Å². The van der Waals surface area contributed by atoms with Crippen LogP contribution in [-0.4, -0.2) is 25.4 Å². The van der Waals surface area contributed by atoms with E-state index in [0.717, 1.165) is 18.9 Å². The van der Waals surface area contributed by atoms with E-state index in [-0.39, 0.29) is 6.10 Å². The summed E-state index contributed by atoms with van der Waals surface area (Å²) in [6.45, 7) is 3.86. The van der Waals surface area contributed by atoms with Gasteiger partial charge in [-0.25, -0.2) is 0 Å². The molecule has 2 unspecified atom stereocenters. The Morgan fingerprint density at radius 3 is 2.58 bits per heavy atom. The molecule has 1 N–H and O–H groups in total. The molecule has 2 fully saturated rings. The van der Waals surface area contributed by atoms with E-state index in [2.05, 4.69) is 36.5 Å². The minimum absolute atomic E-state index is 0.232. The van der Waals surface area contributed by atoms with Gasteiger partial charge < -0.3 is 14.8 Å². The van der Waals surface area contributed by atoms with E-state index in [1.54, 1.807) is 0 Å². The maximum absolute atomic E-state index is 5.99. The number of rotatable bonds is 3. The third kappa shape index (κ3) is 3.10. The highest BCUT2D eigenvalue weighted by atomic mass is 16.5. The second-order valence-electron chi connectivity index (χ2n) is 5.60. The lowest BCUT2D eigenvalue weighted by atomic mass is 10.0. The molecule has 1 saturated carbocycles. The number of hydrogen-bond donors (Lipinski definition) is 1. The molecule has 1 saturated heterocycles. The van der Waals surface area contributed by atoms with Gasteiger partial charge in [-0.3, -0.25) is 0 Å². The molecule has 0 amide bonds. The molecule has 0 aromatic heterocycles. The molecule has 3 heteroatoms. The van der Waals surface area contributed by atoms with Gasteiger partial charge in [0.2, 0.25) is 0 Å². The summed E-state index contributed by atoms with van der Waals surface area (Å²) < 4.78 is 11.7. The van der Waals surface area contributed by atoms with Crippen LogP contribution in [0.15, 0.2) is 24.3 Å². The topological polar surface area (TPSA) is 30.5 Å². The van der Waals surface area contributed by atoms with E-state index in [4.69, 9.17) is 9.47 Å². The Balaban J connectivity index is 1.64. The minimum Gasteiger partial charge on any atom is -0.490 e. The largest absolute Gasteiger partial charge is 0.490 e. The van der Waals surface area contributed by atoms with Crippen molar-refractivity contribution in [3.8, 4) is 5.75 Å². The van der Waals surface area contributed by atoms with Crippen LogP contribution in [0.25, 0.3) is 0 Å². The summed E-state index contributed by atoms with van der Waals surface area (Å²) >= 11 is 0. The standard InChI is InChI=1S/C16H23NO2/c1-12-16(17-10-11-18-12)13-6-8-15(9-7-13)19-14-4-2-3-5-14/h6-9,12,14,16-17H,2-5,10-11H2,1H3. The highest BCUT2D eigenvalue weighted by molar-refractivity contribution is 5.30. The quantitative estimate of drug-likeness (QED) is 0.907. The number of hydrogen-bond acceptors (Lipinski definition) is 3. The number of benzene rings is 1. The van der Waals surface area contributed by atoms with E-state index in [0.29, 0.717) is 12.1 Å². The summed E-state index contributed by atoms with van der Waals surface area (Å²) in [6, 6.07) is 8.81. The Morgan fingerprint density at radius 1 is 1.16 bits per heavy atom. The van der Waals surface area contributed by atoms with Crippen LogP contribution < -0.4 is 10.1 Å². The summed E-state index contributed by atoms with van der Waals surface area (Å²) in [4.78, 5) is 0. The maximum atomic E-state index is 5.99. The summed E-state index contributed by atoms with van der Waals surface area (Å²) in [5.41, 5.74) is 1.28. The van der Waals surface area contributed by atoms with Crippen molar-refractivity contribution in [2.45, 2.75) is 50.9 Å². The molecule has 1 aliphatic carbocycles. The van der Waals surface area contributed by atoms with Gasteiger partial charge in [0.15, 0.2) is 0 Å². The Labute approximate surface area is 115 Å². The summed E-state index contributed by atoms with van der Waals surface area (Å²) in [6.07, 6.45) is 5.69. The average molecular weight is 261 g/mol. The molecule has 1 aliphatic heterocycles. The van der Waals surface area contributed by atoms with E-state index < -0.39 is 0 Å². The molecule has 3 nitrogen and oxygen atoms in total. The first-order valence-electron chi connectivity index (χ1n) is 7.44. The molecular formula is C16H23NO2. The second kappa shape index (κ2) is 5.93. The van der Waals surface area contributed by atoms with Gasteiger partial charge in [0.1, 0.15) is 5.75 Å². The zero-order chi connectivity index (χ0) is 13.1. The second-order valence-corrected chi connectivity index (χ2v) is 5.60. The van der Waals surface area contributed by atoms with Crippen LogP contribution in [0, 0.1) is 0 Å². The molecular weight excluding hydrogens is 238 g/mol. The summed E-state index contributed by atoms with van der Waals surface area (Å²) in [5, 5.41) is 3.51. The van der Waals surface area contributed by atoms with Gasteiger partial charge in [-0.1, -0.05) is 12.1 Å². The predicted molar refractivity (Wildman–Crippen MR) is 75.5 cm³/mol. The Hall–Kier alpha value is -1.06. The van der Waals surface area contributed by atoms with Gasteiger partial charge in [-0.2, -0.15) is 0 Å². The van der Waals surface area contributed by atoms with Crippen molar-refractivity contribution in [3.05, 3.63) is 29.8 Å². The first-order valence-corrected chi connectivity index (χ1v) is 7.44. The third-order valence-corrected chi connectivity index (χ3v) is 4.16. The van der Waals surface area contributed by atoms with Crippen LogP contribution in [0.4, 0.5) is 0 Å². The predicted octanol–water partition coefficient (Wildman–Crippen LogP) is 3.06. The first-order chi connectivity index (χ1) is 9.33.